The van der Waals surface area contributed by atoms with Gasteiger partial charge in [0, 0.05) is 19.1 Å². The lowest BCUT2D eigenvalue weighted by atomic mass is 10.1. The maximum Gasteiger partial charge on any atom is 0.273 e. The average Bonchev–Trinajstić information content (AvgIpc) is 2.29. The van der Waals surface area contributed by atoms with Gasteiger partial charge in [0.25, 0.3) is 11.6 Å². The summed E-state index contributed by atoms with van der Waals surface area (Å²) in [6, 6.07) is 3.95. The molecule has 2 N–H and O–H groups in total. The minimum atomic E-state index is -0.811. The molecule has 0 radical (unpaired) electrons. The van der Waals surface area contributed by atoms with Gasteiger partial charge in [-0.25, -0.2) is 0 Å². The van der Waals surface area contributed by atoms with Crippen molar-refractivity contribution in [2.45, 2.75) is 12.5 Å². The molecular weight excluding hydrogens is 228 g/mol. The number of nitrogens with zero attached hydrogens (tertiary/aromatic N) is 1. The fourth-order valence-electron chi connectivity index (χ4n) is 1.55. The van der Waals surface area contributed by atoms with Crippen LogP contribution in [0.2, 0.25) is 0 Å². The van der Waals surface area contributed by atoms with Crippen molar-refractivity contribution in [3.63, 3.8) is 0 Å². The summed E-state index contributed by atoms with van der Waals surface area (Å²) in [5.74, 6) is -0.113. The number of aliphatic hydroxyl groups excluding tert-OH is 1. The fourth-order valence-corrected chi connectivity index (χ4v) is 1.55. The van der Waals surface area contributed by atoms with E-state index in [0.29, 0.717) is 5.69 Å². The van der Waals surface area contributed by atoms with E-state index in [9.17, 15) is 14.9 Å². The van der Waals surface area contributed by atoms with E-state index in [2.05, 4.69) is 5.32 Å². The summed E-state index contributed by atoms with van der Waals surface area (Å²) in [4.78, 5) is 21.5. The predicted octanol–water partition coefficient (Wildman–Crippen LogP) is 0.677. The Morgan fingerprint density at radius 3 is 2.94 bits per heavy atom. The number of hydrogen-bond donors (Lipinski definition) is 2. The third-order valence-corrected chi connectivity index (χ3v) is 2.39. The van der Waals surface area contributed by atoms with Gasteiger partial charge >= 0.3 is 0 Å². The van der Waals surface area contributed by atoms with Crippen LogP contribution in [0.25, 0.3) is 0 Å². The number of benzene rings is 1. The molecule has 1 aromatic rings. The zero-order valence-electron chi connectivity index (χ0n) is 8.75. The molecule has 90 valence electrons. The van der Waals surface area contributed by atoms with Crippen LogP contribution in [0, 0.1) is 10.1 Å². The highest BCUT2D eigenvalue weighted by Gasteiger charge is 2.28. The molecule has 1 aromatic carbocycles. The number of nitro groups is 1. The Morgan fingerprint density at radius 1 is 1.53 bits per heavy atom. The first kappa shape index (κ1) is 11.3. The van der Waals surface area contributed by atoms with Crippen molar-refractivity contribution < 1.29 is 19.6 Å². The van der Waals surface area contributed by atoms with Crippen LogP contribution < -0.4 is 10.1 Å². The second-order valence-corrected chi connectivity index (χ2v) is 3.55. The molecule has 1 heterocycles. The molecule has 1 aliphatic rings. The summed E-state index contributed by atoms with van der Waals surface area (Å²) in [5.41, 5.74) is 0.289. The van der Waals surface area contributed by atoms with E-state index in [4.69, 9.17) is 9.84 Å². The summed E-state index contributed by atoms with van der Waals surface area (Å²) in [6.07, 6.45) is -0.664. The van der Waals surface area contributed by atoms with Crippen LogP contribution >= 0.6 is 0 Å². The Bertz CT molecular complexity index is 474. The zero-order valence-corrected chi connectivity index (χ0v) is 8.75. The van der Waals surface area contributed by atoms with Crippen LogP contribution in [0.15, 0.2) is 18.2 Å². The van der Waals surface area contributed by atoms with E-state index < -0.39 is 11.0 Å². The number of carbonyl (C=O) groups is 1. The molecule has 0 aliphatic carbocycles. The SMILES string of the molecule is O=C1Nc2ccc([N+](=O)[O-])cc2O[C@H]1CCO. The molecule has 1 atom stereocenters. The Morgan fingerprint density at radius 2 is 2.29 bits per heavy atom. The monoisotopic (exact) mass is 238 g/mol. The van der Waals surface area contributed by atoms with Crippen LogP contribution in [-0.4, -0.2) is 28.6 Å². The number of anilines is 1. The number of carbonyl (C=O) groups excluding carboxylic acids is 1. The van der Waals surface area contributed by atoms with Gasteiger partial charge in [0.05, 0.1) is 16.7 Å². The second kappa shape index (κ2) is 4.38. The van der Waals surface area contributed by atoms with Crippen LogP contribution in [-0.2, 0) is 4.79 Å². The molecule has 17 heavy (non-hydrogen) atoms. The molecule has 0 fully saturated rings. The van der Waals surface area contributed by atoms with Crippen molar-refractivity contribution in [3.05, 3.63) is 28.3 Å². The highest BCUT2D eigenvalue weighted by Crippen LogP contribution is 2.33. The van der Waals surface area contributed by atoms with Crippen molar-refractivity contribution in [2.24, 2.45) is 0 Å². The standard InChI is InChI=1S/C10H10N2O5/c13-4-3-8-10(14)11-7-2-1-6(12(15)16)5-9(7)17-8/h1-2,5,8,13H,3-4H2,(H,11,14)/t8-/m0/s1. The molecule has 0 aromatic heterocycles. The number of fused-ring (bicyclic) bond motifs is 1. The minimum absolute atomic E-state index is 0.109. The molecule has 1 amide bonds. The number of rotatable bonds is 3. The molecule has 7 nitrogen and oxygen atoms in total. The number of aliphatic hydroxyl groups is 1. The Kier molecular flexibility index (Phi) is 2.92. The van der Waals surface area contributed by atoms with Crippen molar-refractivity contribution in [1.29, 1.82) is 0 Å². The molecule has 7 heteroatoms. The Labute approximate surface area is 96.2 Å². The van der Waals surface area contributed by atoms with Crippen LogP contribution in [0.4, 0.5) is 11.4 Å². The third-order valence-electron chi connectivity index (χ3n) is 2.39. The van der Waals surface area contributed by atoms with E-state index in [1.54, 1.807) is 0 Å². The van der Waals surface area contributed by atoms with Crippen LogP contribution in [0.5, 0.6) is 5.75 Å². The van der Waals surface area contributed by atoms with Gasteiger partial charge < -0.3 is 15.2 Å². The highest BCUT2D eigenvalue weighted by molar-refractivity contribution is 5.97. The largest absolute Gasteiger partial charge is 0.478 e. The summed E-state index contributed by atoms with van der Waals surface area (Å²) >= 11 is 0. The molecule has 0 unspecified atom stereocenters. The topological polar surface area (TPSA) is 102 Å². The van der Waals surface area contributed by atoms with Crippen LogP contribution in [0.3, 0.4) is 0 Å². The van der Waals surface area contributed by atoms with Gasteiger partial charge in [0.1, 0.15) is 0 Å². The van der Waals surface area contributed by atoms with E-state index in [1.807, 2.05) is 0 Å². The molecule has 0 saturated heterocycles. The van der Waals surface area contributed by atoms with Crippen molar-refractivity contribution in [1.82, 2.24) is 0 Å². The Balaban J connectivity index is 2.30. The number of amides is 1. The van der Waals surface area contributed by atoms with Gasteiger partial charge in [-0.1, -0.05) is 0 Å². The number of hydrogen-bond acceptors (Lipinski definition) is 5. The first-order chi connectivity index (χ1) is 8.11. The van der Waals surface area contributed by atoms with Crippen molar-refractivity contribution in [3.8, 4) is 5.75 Å². The summed E-state index contributed by atoms with van der Waals surface area (Å²) < 4.78 is 5.30. The maximum atomic E-state index is 11.5. The summed E-state index contributed by atoms with van der Waals surface area (Å²) in [7, 11) is 0. The third kappa shape index (κ3) is 2.18. The van der Waals surface area contributed by atoms with Gasteiger partial charge in [-0.2, -0.15) is 0 Å². The van der Waals surface area contributed by atoms with Gasteiger partial charge in [-0.15, -0.1) is 0 Å². The molecule has 0 bridgehead atoms. The van der Waals surface area contributed by atoms with E-state index in [-0.39, 0.29) is 30.4 Å². The van der Waals surface area contributed by atoms with Gasteiger partial charge in [0.2, 0.25) is 0 Å². The number of ether oxygens (including phenoxy) is 1. The lowest BCUT2D eigenvalue weighted by Crippen LogP contribution is -2.37. The predicted molar refractivity (Wildman–Crippen MR) is 57.8 cm³/mol. The normalized spacial score (nSPS) is 17.9. The van der Waals surface area contributed by atoms with Gasteiger partial charge in [-0.05, 0) is 6.07 Å². The smallest absolute Gasteiger partial charge is 0.273 e. The quantitative estimate of drug-likeness (QED) is 0.595. The number of non-ortho nitro benzene ring substituents is 1. The Hall–Kier alpha value is -2.15. The second-order valence-electron chi connectivity index (χ2n) is 3.55. The maximum absolute atomic E-state index is 11.5. The van der Waals surface area contributed by atoms with E-state index >= 15 is 0 Å². The zero-order chi connectivity index (χ0) is 12.4. The highest BCUT2D eigenvalue weighted by atomic mass is 16.6. The fraction of sp³-hybridized carbons (Fsp3) is 0.300. The number of nitro benzene ring substituents is 1. The van der Waals surface area contributed by atoms with Crippen LogP contribution in [0.1, 0.15) is 6.42 Å². The van der Waals surface area contributed by atoms with E-state index in [1.165, 1.54) is 18.2 Å². The minimum Gasteiger partial charge on any atom is -0.478 e. The van der Waals surface area contributed by atoms with E-state index in [0.717, 1.165) is 0 Å². The average molecular weight is 238 g/mol. The van der Waals surface area contributed by atoms with Crippen molar-refractivity contribution in [2.75, 3.05) is 11.9 Å². The molecular formula is C10H10N2O5. The number of nitrogens with one attached hydrogen (secondary N) is 1. The molecule has 0 saturated carbocycles. The first-order valence-electron chi connectivity index (χ1n) is 4.98. The summed E-state index contributed by atoms with van der Waals surface area (Å²) in [6.45, 7) is -0.192. The lowest BCUT2D eigenvalue weighted by Gasteiger charge is -2.24. The molecule has 0 spiro atoms. The lowest BCUT2D eigenvalue weighted by molar-refractivity contribution is -0.384. The van der Waals surface area contributed by atoms with Gasteiger partial charge in [-0.3, -0.25) is 14.9 Å². The van der Waals surface area contributed by atoms with Gasteiger partial charge in [0.15, 0.2) is 11.9 Å². The molecule has 1 aliphatic heterocycles. The first-order valence-corrected chi connectivity index (χ1v) is 4.98. The van der Waals surface area contributed by atoms with Crippen molar-refractivity contribution >= 4 is 17.3 Å². The summed E-state index contributed by atoms with van der Waals surface area (Å²) in [5, 5.41) is 21.9. The molecule has 2 rings (SSSR count).